The maximum atomic E-state index is 13.5. The molecule has 184 valence electrons. The monoisotopic (exact) mass is 497 g/mol. The van der Waals surface area contributed by atoms with Crippen LogP contribution in [0.5, 0.6) is 0 Å². The van der Waals surface area contributed by atoms with E-state index in [0.717, 1.165) is 49.2 Å². The zero-order valence-corrected chi connectivity index (χ0v) is 21.6. The van der Waals surface area contributed by atoms with Crippen LogP contribution in [0.25, 0.3) is 16.6 Å². The van der Waals surface area contributed by atoms with Gasteiger partial charge in [-0.05, 0) is 68.4 Å². The third-order valence-electron chi connectivity index (χ3n) is 7.00. The fourth-order valence-electron chi connectivity index (χ4n) is 5.03. The average molecular weight is 498 g/mol. The molecule has 5 rings (SSSR count). The van der Waals surface area contributed by atoms with Crippen molar-refractivity contribution in [3.63, 3.8) is 0 Å². The highest BCUT2D eigenvalue weighted by Crippen LogP contribution is 2.26. The fourth-order valence-corrected chi connectivity index (χ4v) is 5.94. The summed E-state index contributed by atoms with van der Waals surface area (Å²) >= 11 is 1.35. The maximum absolute atomic E-state index is 13.5. The highest BCUT2D eigenvalue weighted by Gasteiger charge is 2.24. The molecule has 6 heteroatoms. The summed E-state index contributed by atoms with van der Waals surface area (Å²) in [6.07, 6.45) is 3.11. The van der Waals surface area contributed by atoms with Crippen molar-refractivity contribution in [2.75, 3.05) is 18.8 Å². The number of rotatable bonds is 6. The summed E-state index contributed by atoms with van der Waals surface area (Å²) in [5, 5.41) is 1.13. The Morgan fingerprint density at radius 1 is 0.972 bits per heavy atom. The normalized spacial score (nSPS) is 14.3. The van der Waals surface area contributed by atoms with Gasteiger partial charge in [-0.2, -0.15) is 0 Å². The number of likely N-dealkylation sites (tertiary alicyclic amines) is 1. The summed E-state index contributed by atoms with van der Waals surface area (Å²) in [5.74, 6) is 0.979. The molecule has 5 nitrogen and oxygen atoms in total. The molecule has 1 aliphatic heterocycles. The maximum Gasteiger partial charge on any atom is 0.266 e. The van der Waals surface area contributed by atoms with E-state index in [1.807, 2.05) is 61.2 Å². The van der Waals surface area contributed by atoms with Gasteiger partial charge < -0.3 is 4.90 Å². The van der Waals surface area contributed by atoms with Crippen LogP contribution in [-0.2, 0) is 11.2 Å². The van der Waals surface area contributed by atoms with Crippen molar-refractivity contribution in [2.24, 2.45) is 5.92 Å². The van der Waals surface area contributed by atoms with Gasteiger partial charge in [-0.1, -0.05) is 71.9 Å². The van der Waals surface area contributed by atoms with E-state index < -0.39 is 0 Å². The SMILES string of the molecule is Cc1ccc(-n2c(SCC(=O)N3CCC(Cc4ccccc4)CC3)nc3ccccc3c2=O)c(C)c1. The number of fused-ring (bicyclic) bond motifs is 1. The fraction of sp³-hybridized carbons (Fsp3) is 0.300. The number of piperidine rings is 1. The molecule has 0 aliphatic carbocycles. The number of para-hydroxylation sites is 1. The summed E-state index contributed by atoms with van der Waals surface area (Å²) in [7, 11) is 0. The van der Waals surface area contributed by atoms with Gasteiger partial charge in [-0.3, -0.25) is 14.2 Å². The molecular formula is C30H31N3O2S. The van der Waals surface area contributed by atoms with Gasteiger partial charge in [0.15, 0.2) is 5.16 Å². The highest BCUT2D eigenvalue weighted by atomic mass is 32.2. The molecule has 4 aromatic rings. The molecule has 0 bridgehead atoms. The number of aryl methyl sites for hydroxylation is 2. The molecule has 0 saturated carbocycles. The Bertz CT molecular complexity index is 1440. The average Bonchev–Trinajstić information content (AvgIpc) is 2.89. The zero-order valence-electron chi connectivity index (χ0n) is 20.8. The molecule has 0 spiro atoms. The number of aromatic nitrogens is 2. The largest absolute Gasteiger partial charge is 0.342 e. The lowest BCUT2D eigenvalue weighted by Gasteiger charge is -2.32. The van der Waals surface area contributed by atoms with Gasteiger partial charge >= 0.3 is 0 Å². The summed E-state index contributed by atoms with van der Waals surface area (Å²) in [6, 6.07) is 24.0. The minimum Gasteiger partial charge on any atom is -0.342 e. The molecular weight excluding hydrogens is 466 g/mol. The highest BCUT2D eigenvalue weighted by molar-refractivity contribution is 7.99. The molecule has 0 atom stereocenters. The Morgan fingerprint density at radius 3 is 2.44 bits per heavy atom. The number of carbonyl (C=O) groups is 1. The Balaban J connectivity index is 1.32. The van der Waals surface area contributed by atoms with Crippen LogP contribution in [0.2, 0.25) is 0 Å². The Hall–Kier alpha value is -3.38. The number of hydrogen-bond acceptors (Lipinski definition) is 4. The minimum absolute atomic E-state index is 0.104. The Labute approximate surface area is 216 Å². The molecule has 0 unspecified atom stereocenters. The quantitative estimate of drug-likeness (QED) is 0.258. The number of carbonyl (C=O) groups excluding carboxylic acids is 1. The van der Waals surface area contributed by atoms with E-state index in [9.17, 15) is 9.59 Å². The van der Waals surface area contributed by atoms with Crippen LogP contribution in [-0.4, -0.2) is 39.2 Å². The first-order valence-electron chi connectivity index (χ1n) is 12.5. The smallest absolute Gasteiger partial charge is 0.266 e. The van der Waals surface area contributed by atoms with Gasteiger partial charge in [0.05, 0.1) is 22.3 Å². The van der Waals surface area contributed by atoms with Gasteiger partial charge in [0.1, 0.15) is 0 Å². The topological polar surface area (TPSA) is 55.2 Å². The van der Waals surface area contributed by atoms with Crippen LogP contribution in [0.4, 0.5) is 0 Å². The first-order valence-corrected chi connectivity index (χ1v) is 13.5. The molecule has 0 radical (unpaired) electrons. The van der Waals surface area contributed by atoms with Crippen LogP contribution in [0.1, 0.15) is 29.5 Å². The van der Waals surface area contributed by atoms with Gasteiger partial charge in [0.2, 0.25) is 5.91 Å². The van der Waals surface area contributed by atoms with E-state index in [-0.39, 0.29) is 17.2 Å². The van der Waals surface area contributed by atoms with E-state index in [0.29, 0.717) is 22.0 Å². The van der Waals surface area contributed by atoms with Crippen molar-refractivity contribution in [1.29, 1.82) is 0 Å². The van der Waals surface area contributed by atoms with Crippen molar-refractivity contribution in [2.45, 2.75) is 38.3 Å². The van der Waals surface area contributed by atoms with E-state index in [4.69, 9.17) is 4.98 Å². The van der Waals surface area contributed by atoms with Crippen LogP contribution in [0.15, 0.2) is 82.7 Å². The molecule has 2 heterocycles. The van der Waals surface area contributed by atoms with E-state index in [1.54, 1.807) is 4.57 Å². The van der Waals surface area contributed by atoms with Crippen molar-refractivity contribution in [3.8, 4) is 5.69 Å². The predicted molar refractivity (Wildman–Crippen MR) is 147 cm³/mol. The van der Waals surface area contributed by atoms with Crippen molar-refractivity contribution >= 4 is 28.6 Å². The predicted octanol–water partition coefficient (Wildman–Crippen LogP) is 5.58. The van der Waals surface area contributed by atoms with Crippen LogP contribution in [0, 0.1) is 19.8 Å². The Kier molecular flexibility index (Phi) is 7.23. The second-order valence-corrected chi connectivity index (χ2v) is 10.6. The van der Waals surface area contributed by atoms with Gasteiger partial charge in [-0.15, -0.1) is 0 Å². The van der Waals surface area contributed by atoms with Gasteiger partial charge in [-0.25, -0.2) is 4.98 Å². The van der Waals surface area contributed by atoms with Gasteiger partial charge in [0, 0.05) is 13.1 Å². The molecule has 1 saturated heterocycles. The second-order valence-electron chi connectivity index (χ2n) is 9.64. The first kappa shape index (κ1) is 24.3. The zero-order chi connectivity index (χ0) is 25.1. The van der Waals surface area contributed by atoms with Crippen molar-refractivity contribution in [1.82, 2.24) is 14.5 Å². The summed E-state index contributed by atoms with van der Waals surface area (Å²) in [4.78, 5) is 33.4. The van der Waals surface area contributed by atoms with Crippen molar-refractivity contribution in [3.05, 3.63) is 99.8 Å². The van der Waals surface area contributed by atoms with Crippen LogP contribution in [0.3, 0.4) is 0 Å². The van der Waals surface area contributed by atoms with Crippen LogP contribution < -0.4 is 5.56 Å². The van der Waals surface area contributed by atoms with E-state index >= 15 is 0 Å². The lowest BCUT2D eigenvalue weighted by Crippen LogP contribution is -2.40. The first-order chi connectivity index (χ1) is 17.5. The lowest BCUT2D eigenvalue weighted by atomic mass is 9.90. The Morgan fingerprint density at radius 2 is 1.69 bits per heavy atom. The van der Waals surface area contributed by atoms with E-state index in [1.165, 1.54) is 17.3 Å². The molecule has 0 N–H and O–H groups in total. The molecule has 36 heavy (non-hydrogen) atoms. The van der Waals surface area contributed by atoms with E-state index in [2.05, 4.69) is 30.3 Å². The number of nitrogens with zero attached hydrogens (tertiary/aromatic N) is 3. The number of thioether (sulfide) groups is 1. The minimum atomic E-state index is -0.107. The van der Waals surface area contributed by atoms with Crippen LogP contribution >= 0.6 is 11.8 Å². The molecule has 1 aliphatic rings. The summed E-state index contributed by atoms with van der Waals surface area (Å²) in [5.41, 5.74) is 4.86. The summed E-state index contributed by atoms with van der Waals surface area (Å²) < 4.78 is 1.67. The summed E-state index contributed by atoms with van der Waals surface area (Å²) in [6.45, 7) is 5.61. The number of hydrogen-bond donors (Lipinski definition) is 0. The molecule has 1 fully saturated rings. The third-order valence-corrected chi connectivity index (χ3v) is 7.92. The standard InChI is InChI=1S/C30H31N3O2S/c1-21-12-13-27(22(2)18-21)33-29(35)25-10-6-7-11-26(25)31-30(33)36-20-28(34)32-16-14-24(15-17-32)19-23-8-4-3-5-9-23/h3-13,18,24H,14-17,19-20H2,1-2H3. The lowest BCUT2D eigenvalue weighted by molar-refractivity contribution is -0.129. The third kappa shape index (κ3) is 5.24. The number of amides is 1. The van der Waals surface area contributed by atoms with Gasteiger partial charge in [0.25, 0.3) is 5.56 Å². The molecule has 1 aromatic heterocycles. The number of benzene rings is 3. The molecule has 3 aromatic carbocycles. The molecule has 1 amide bonds. The van der Waals surface area contributed by atoms with Crippen molar-refractivity contribution < 1.29 is 4.79 Å². The second kappa shape index (κ2) is 10.7.